The summed E-state index contributed by atoms with van der Waals surface area (Å²) in [6, 6.07) is 4.60. The van der Waals surface area contributed by atoms with E-state index in [1.807, 2.05) is 17.5 Å². The highest BCUT2D eigenvalue weighted by molar-refractivity contribution is 7.27. The second-order valence-corrected chi connectivity index (χ2v) is 6.38. The Balaban J connectivity index is 1.96. The Morgan fingerprint density at radius 2 is 2.26 bits per heavy atom. The van der Waals surface area contributed by atoms with E-state index in [-0.39, 0.29) is 6.04 Å². The van der Waals surface area contributed by atoms with Crippen molar-refractivity contribution < 1.29 is 0 Å². The average molecular weight is 289 g/mol. The molecule has 1 unspecified atom stereocenters. The maximum Gasteiger partial charge on any atom is 0.0861 e. The van der Waals surface area contributed by atoms with Gasteiger partial charge in [-0.3, -0.25) is 9.97 Å². The van der Waals surface area contributed by atoms with Crippen LogP contribution in [0.5, 0.6) is 0 Å². The lowest BCUT2D eigenvalue weighted by atomic mass is 10.1. The summed E-state index contributed by atoms with van der Waals surface area (Å²) >= 11 is 3.63. The third kappa shape index (κ3) is 2.68. The molecule has 3 rings (SSSR count). The van der Waals surface area contributed by atoms with E-state index in [4.69, 9.17) is 0 Å². The van der Waals surface area contributed by atoms with Gasteiger partial charge < -0.3 is 5.32 Å². The molecule has 1 N–H and O–H groups in total. The van der Waals surface area contributed by atoms with Gasteiger partial charge in [0.25, 0.3) is 0 Å². The molecular weight excluding hydrogens is 274 g/mol. The Bertz CT molecular complexity index is 616. The lowest BCUT2D eigenvalue weighted by Crippen LogP contribution is -2.23. The van der Waals surface area contributed by atoms with Crippen LogP contribution in [0, 0.1) is 0 Å². The second-order valence-electron chi connectivity index (χ2n) is 4.32. The number of fused-ring (bicyclic) bond motifs is 1. The van der Waals surface area contributed by atoms with E-state index in [0.29, 0.717) is 0 Å². The Hall–Kier alpha value is -1.30. The summed E-state index contributed by atoms with van der Waals surface area (Å²) in [6.45, 7) is 3.15. The van der Waals surface area contributed by atoms with Gasteiger partial charge in [0, 0.05) is 26.7 Å². The molecular formula is C14H15N3S2. The molecule has 19 heavy (non-hydrogen) atoms. The predicted octanol–water partition coefficient (Wildman–Crippen LogP) is 3.84. The largest absolute Gasteiger partial charge is 0.304 e. The lowest BCUT2D eigenvalue weighted by Gasteiger charge is -2.15. The molecule has 0 bridgehead atoms. The number of hydrogen-bond acceptors (Lipinski definition) is 5. The van der Waals surface area contributed by atoms with Crippen LogP contribution in [0.2, 0.25) is 0 Å². The number of hydrogen-bond donors (Lipinski definition) is 1. The van der Waals surface area contributed by atoms with Crippen LogP contribution in [0.4, 0.5) is 0 Å². The number of aromatic nitrogens is 2. The van der Waals surface area contributed by atoms with Crippen molar-refractivity contribution in [2.45, 2.75) is 19.4 Å². The van der Waals surface area contributed by atoms with E-state index in [2.05, 4.69) is 39.7 Å². The summed E-state index contributed by atoms with van der Waals surface area (Å²) in [5.41, 5.74) is 0.991. The Kier molecular flexibility index (Phi) is 3.87. The second kappa shape index (κ2) is 5.77. The molecule has 0 radical (unpaired) electrons. The highest BCUT2D eigenvalue weighted by atomic mass is 32.1. The molecule has 5 heteroatoms. The summed E-state index contributed by atoms with van der Waals surface area (Å²) in [5.74, 6) is 0. The van der Waals surface area contributed by atoms with Crippen molar-refractivity contribution in [1.29, 1.82) is 0 Å². The minimum atomic E-state index is 0.151. The van der Waals surface area contributed by atoms with Crippen molar-refractivity contribution in [3.05, 3.63) is 46.7 Å². The topological polar surface area (TPSA) is 37.8 Å². The third-order valence-corrected chi connectivity index (χ3v) is 5.08. The van der Waals surface area contributed by atoms with Crippen LogP contribution < -0.4 is 5.32 Å². The third-order valence-electron chi connectivity index (χ3n) is 2.92. The Morgan fingerprint density at radius 1 is 1.32 bits per heavy atom. The van der Waals surface area contributed by atoms with Crippen molar-refractivity contribution in [3.63, 3.8) is 0 Å². The van der Waals surface area contributed by atoms with E-state index in [0.717, 1.165) is 18.7 Å². The highest BCUT2D eigenvalue weighted by Gasteiger charge is 2.17. The van der Waals surface area contributed by atoms with Crippen molar-refractivity contribution >= 4 is 32.1 Å². The predicted molar refractivity (Wildman–Crippen MR) is 81.9 cm³/mol. The fraction of sp³-hybridized carbons (Fsp3) is 0.286. The van der Waals surface area contributed by atoms with Gasteiger partial charge in [-0.1, -0.05) is 6.92 Å². The van der Waals surface area contributed by atoms with Gasteiger partial charge in [0.05, 0.1) is 17.9 Å². The molecule has 0 spiro atoms. The van der Waals surface area contributed by atoms with Crippen molar-refractivity contribution in [1.82, 2.24) is 15.3 Å². The zero-order valence-electron chi connectivity index (χ0n) is 10.7. The van der Waals surface area contributed by atoms with Crippen LogP contribution in [0.1, 0.15) is 30.0 Å². The first-order valence-electron chi connectivity index (χ1n) is 6.34. The van der Waals surface area contributed by atoms with Gasteiger partial charge in [0.1, 0.15) is 0 Å². The lowest BCUT2D eigenvalue weighted by molar-refractivity contribution is 0.592. The van der Waals surface area contributed by atoms with Crippen LogP contribution in [-0.2, 0) is 0 Å². The van der Waals surface area contributed by atoms with E-state index in [1.54, 1.807) is 23.7 Å². The normalized spacial score (nSPS) is 12.9. The highest BCUT2D eigenvalue weighted by Crippen LogP contribution is 2.35. The van der Waals surface area contributed by atoms with E-state index in [1.165, 1.54) is 14.3 Å². The molecule has 0 aliphatic carbocycles. The number of rotatable bonds is 5. The fourth-order valence-electron chi connectivity index (χ4n) is 2.03. The first-order chi connectivity index (χ1) is 9.38. The summed E-state index contributed by atoms with van der Waals surface area (Å²) in [5, 5.41) is 5.71. The zero-order valence-corrected chi connectivity index (χ0v) is 12.3. The molecule has 3 heterocycles. The number of nitrogens with one attached hydrogen (secondary N) is 1. The van der Waals surface area contributed by atoms with Gasteiger partial charge in [-0.25, -0.2) is 0 Å². The smallest absolute Gasteiger partial charge is 0.0861 e. The van der Waals surface area contributed by atoms with Crippen LogP contribution in [-0.4, -0.2) is 16.5 Å². The van der Waals surface area contributed by atoms with Crippen molar-refractivity contribution in [3.8, 4) is 0 Å². The zero-order chi connectivity index (χ0) is 13.1. The molecule has 98 valence electrons. The number of thiophene rings is 2. The summed E-state index contributed by atoms with van der Waals surface area (Å²) < 4.78 is 2.71. The van der Waals surface area contributed by atoms with Crippen LogP contribution in [0.15, 0.2) is 36.1 Å². The molecule has 3 nitrogen and oxygen atoms in total. The van der Waals surface area contributed by atoms with Crippen LogP contribution in [0.3, 0.4) is 0 Å². The fourth-order valence-corrected chi connectivity index (χ4v) is 4.23. The standard InChI is InChI=1S/C14H15N3S2/c1-2-4-17-14(10-9-15-5-6-16-10)13-8-12-11(19-13)3-7-18-12/h3,5-9,14,17H,2,4H2,1H3. The van der Waals surface area contributed by atoms with E-state index in [9.17, 15) is 0 Å². The molecule has 0 saturated carbocycles. The maximum atomic E-state index is 4.45. The Labute approximate surface area is 120 Å². The van der Waals surface area contributed by atoms with Crippen LogP contribution >= 0.6 is 22.7 Å². The SMILES string of the molecule is CCCNC(c1cnccn1)c1cc2sccc2s1. The molecule has 3 aromatic rings. The average Bonchev–Trinajstić information content (AvgIpc) is 3.02. The first kappa shape index (κ1) is 12.7. The molecule has 0 saturated heterocycles. The van der Waals surface area contributed by atoms with E-state index >= 15 is 0 Å². The molecule has 0 fully saturated rings. The van der Waals surface area contributed by atoms with Crippen LogP contribution in [0.25, 0.3) is 9.40 Å². The summed E-state index contributed by atoms with van der Waals surface area (Å²) in [4.78, 5) is 9.95. The van der Waals surface area contributed by atoms with Gasteiger partial charge in [-0.05, 0) is 30.5 Å². The van der Waals surface area contributed by atoms with E-state index < -0.39 is 0 Å². The monoisotopic (exact) mass is 289 g/mol. The molecule has 0 aliphatic heterocycles. The molecule has 3 aromatic heterocycles. The first-order valence-corrected chi connectivity index (χ1v) is 8.04. The minimum absolute atomic E-state index is 0.151. The number of nitrogens with zero attached hydrogens (tertiary/aromatic N) is 2. The molecule has 0 amide bonds. The minimum Gasteiger partial charge on any atom is -0.304 e. The van der Waals surface area contributed by atoms with Gasteiger partial charge in [-0.2, -0.15) is 0 Å². The molecule has 0 aliphatic rings. The van der Waals surface area contributed by atoms with Gasteiger partial charge >= 0.3 is 0 Å². The van der Waals surface area contributed by atoms with Crippen molar-refractivity contribution in [2.24, 2.45) is 0 Å². The molecule has 0 aromatic carbocycles. The maximum absolute atomic E-state index is 4.45. The van der Waals surface area contributed by atoms with Crippen molar-refractivity contribution in [2.75, 3.05) is 6.54 Å². The van der Waals surface area contributed by atoms with Gasteiger partial charge in [0.15, 0.2) is 0 Å². The summed E-state index contributed by atoms with van der Waals surface area (Å²) in [6.07, 6.45) is 6.43. The molecule has 1 atom stereocenters. The van der Waals surface area contributed by atoms with Gasteiger partial charge in [-0.15, -0.1) is 22.7 Å². The van der Waals surface area contributed by atoms with Gasteiger partial charge in [0.2, 0.25) is 0 Å². The quantitative estimate of drug-likeness (QED) is 0.775. The summed E-state index contributed by atoms with van der Waals surface area (Å²) in [7, 11) is 0. The Morgan fingerprint density at radius 3 is 3.00 bits per heavy atom.